The van der Waals surface area contributed by atoms with E-state index in [-0.39, 0.29) is 5.84 Å². The largest absolute Gasteiger partial charge is 0.416 e. The minimum absolute atomic E-state index is 0.138. The monoisotopic (exact) mass is 360 g/mol. The minimum Gasteiger partial charge on any atom is -0.268 e. The predicted octanol–water partition coefficient (Wildman–Crippen LogP) is 4.14. The third kappa shape index (κ3) is 3.18. The average molecular weight is 361 g/mol. The highest BCUT2D eigenvalue weighted by Gasteiger charge is 2.33. The van der Waals surface area contributed by atoms with Crippen molar-refractivity contribution in [2.75, 3.05) is 4.31 Å². The fourth-order valence-corrected chi connectivity index (χ4v) is 2.95. The van der Waals surface area contributed by atoms with Crippen LogP contribution in [0, 0.1) is 0 Å². The quantitative estimate of drug-likeness (QED) is 0.808. The Labute approximate surface area is 136 Å². The van der Waals surface area contributed by atoms with Crippen LogP contribution in [-0.2, 0) is 21.7 Å². The molecule has 1 heterocycles. The summed E-state index contributed by atoms with van der Waals surface area (Å²) in [6, 6.07) is 10.8. The first-order chi connectivity index (χ1) is 10.9. The molecule has 0 aliphatic carbocycles. The van der Waals surface area contributed by atoms with Gasteiger partial charge in [-0.3, -0.25) is 4.28 Å². The highest BCUT2D eigenvalue weighted by Crippen LogP contribution is 2.31. The Morgan fingerprint density at radius 2 is 1.83 bits per heavy atom. The molecule has 0 spiro atoms. The summed E-state index contributed by atoms with van der Waals surface area (Å²) < 4.78 is 55.8. The molecule has 1 atom stereocenters. The first kappa shape index (κ1) is 15.8. The molecular formula is C14H8ClF3N2O2S. The Morgan fingerprint density at radius 3 is 2.43 bits per heavy atom. The van der Waals surface area contributed by atoms with E-state index in [1.807, 2.05) is 0 Å². The lowest BCUT2D eigenvalue weighted by atomic mass is 10.1. The van der Waals surface area contributed by atoms with E-state index in [1.54, 1.807) is 24.3 Å². The van der Waals surface area contributed by atoms with Gasteiger partial charge in [0.25, 0.3) is 0 Å². The molecule has 0 aromatic heterocycles. The Hall–Kier alpha value is -2.06. The number of alkyl halides is 3. The summed E-state index contributed by atoms with van der Waals surface area (Å²) in [5, 5.41) is 4.10. The predicted molar refractivity (Wildman–Crippen MR) is 81.1 cm³/mol. The number of nitrogens with zero attached hydrogens (tertiary/aromatic N) is 2. The summed E-state index contributed by atoms with van der Waals surface area (Å²) in [5.74, 6) is 0.138. The molecule has 4 nitrogen and oxygen atoms in total. The molecular weight excluding hydrogens is 353 g/mol. The van der Waals surface area contributed by atoms with Gasteiger partial charge in [-0.05, 0) is 35.5 Å². The van der Waals surface area contributed by atoms with E-state index in [4.69, 9.17) is 15.9 Å². The maximum Gasteiger partial charge on any atom is 0.416 e. The van der Waals surface area contributed by atoms with Crippen LogP contribution >= 0.6 is 11.6 Å². The maximum atomic E-state index is 12.6. The fourth-order valence-electron chi connectivity index (χ4n) is 2.00. The van der Waals surface area contributed by atoms with Crippen molar-refractivity contribution >= 4 is 34.4 Å². The highest BCUT2D eigenvalue weighted by atomic mass is 35.5. The van der Waals surface area contributed by atoms with E-state index in [9.17, 15) is 17.4 Å². The van der Waals surface area contributed by atoms with Crippen LogP contribution in [0.4, 0.5) is 18.9 Å². The molecule has 2 aromatic carbocycles. The second kappa shape index (κ2) is 5.86. The number of halogens is 4. The molecule has 23 heavy (non-hydrogen) atoms. The first-order valence-electron chi connectivity index (χ1n) is 6.27. The van der Waals surface area contributed by atoms with Crippen LogP contribution in [0.15, 0.2) is 53.7 Å². The summed E-state index contributed by atoms with van der Waals surface area (Å²) in [5.41, 5.74) is 0.00648. The van der Waals surface area contributed by atoms with Crippen molar-refractivity contribution in [3.63, 3.8) is 0 Å². The summed E-state index contributed by atoms with van der Waals surface area (Å²) in [4.78, 5) is 0. The van der Waals surface area contributed by atoms with Crippen LogP contribution in [0.5, 0.6) is 0 Å². The van der Waals surface area contributed by atoms with Crippen molar-refractivity contribution in [3.05, 3.63) is 64.7 Å². The first-order valence-corrected chi connectivity index (χ1v) is 7.68. The SMILES string of the molecule is O=S1ON=C(c2ccc(C(F)(F)F)cc2)N1c1cccc(Cl)c1. The smallest absolute Gasteiger partial charge is 0.268 e. The van der Waals surface area contributed by atoms with Gasteiger partial charge in [-0.25, -0.2) is 4.31 Å². The summed E-state index contributed by atoms with van der Waals surface area (Å²) >= 11 is 3.98. The second-order valence-electron chi connectivity index (χ2n) is 4.56. The average Bonchev–Trinajstić information content (AvgIpc) is 2.88. The molecule has 1 unspecified atom stereocenters. The molecule has 0 saturated heterocycles. The van der Waals surface area contributed by atoms with Crippen molar-refractivity contribution in [3.8, 4) is 0 Å². The Bertz CT molecular complexity index is 793. The van der Waals surface area contributed by atoms with Crippen molar-refractivity contribution < 1.29 is 21.7 Å². The van der Waals surface area contributed by atoms with Crippen molar-refractivity contribution in [2.45, 2.75) is 6.18 Å². The Morgan fingerprint density at radius 1 is 1.13 bits per heavy atom. The standard InChI is InChI=1S/C14H8ClF3N2O2S/c15-11-2-1-3-12(8-11)20-13(19-22-23(20)21)9-4-6-10(7-5-9)14(16,17)18/h1-8H. The van der Waals surface area contributed by atoms with Gasteiger partial charge in [0.2, 0.25) is 0 Å². The minimum atomic E-state index is -4.43. The van der Waals surface area contributed by atoms with Gasteiger partial charge >= 0.3 is 17.4 Å². The van der Waals surface area contributed by atoms with Crippen LogP contribution < -0.4 is 4.31 Å². The molecule has 3 rings (SSSR count). The van der Waals surface area contributed by atoms with Crippen molar-refractivity contribution in [1.29, 1.82) is 0 Å². The molecule has 0 N–H and O–H groups in total. The number of oxime groups is 1. The molecule has 0 fully saturated rings. The molecule has 0 amide bonds. The number of hydrogen-bond acceptors (Lipinski definition) is 3. The lowest BCUT2D eigenvalue weighted by Gasteiger charge is -2.16. The number of anilines is 1. The molecule has 120 valence electrons. The zero-order valence-corrected chi connectivity index (χ0v) is 12.8. The Kier molecular flexibility index (Phi) is 4.03. The molecule has 9 heteroatoms. The van der Waals surface area contributed by atoms with Crippen molar-refractivity contribution in [2.24, 2.45) is 5.16 Å². The molecule has 0 bridgehead atoms. The number of benzene rings is 2. The van der Waals surface area contributed by atoms with Crippen LogP contribution in [0.25, 0.3) is 0 Å². The van der Waals surface area contributed by atoms with E-state index in [0.29, 0.717) is 16.3 Å². The van der Waals surface area contributed by atoms with E-state index < -0.39 is 23.0 Å². The Balaban J connectivity index is 1.97. The van der Waals surface area contributed by atoms with Gasteiger partial charge in [0.15, 0.2) is 5.84 Å². The number of hydrogen-bond donors (Lipinski definition) is 0. The highest BCUT2D eigenvalue weighted by molar-refractivity contribution is 7.83. The lowest BCUT2D eigenvalue weighted by molar-refractivity contribution is -0.137. The molecule has 0 saturated carbocycles. The van der Waals surface area contributed by atoms with Gasteiger partial charge in [-0.15, -0.1) is 0 Å². The van der Waals surface area contributed by atoms with Gasteiger partial charge in [0.05, 0.1) is 11.3 Å². The van der Waals surface area contributed by atoms with Crippen molar-refractivity contribution in [1.82, 2.24) is 0 Å². The topological polar surface area (TPSA) is 41.9 Å². The maximum absolute atomic E-state index is 12.6. The summed E-state index contributed by atoms with van der Waals surface area (Å²) in [6.45, 7) is 0. The van der Waals surface area contributed by atoms with Gasteiger partial charge in [-0.1, -0.05) is 29.8 Å². The normalized spacial score (nSPS) is 17.8. The summed E-state index contributed by atoms with van der Waals surface area (Å²) in [7, 11) is 0. The molecule has 1 aliphatic rings. The lowest BCUT2D eigenvalue weighted by Crippen LogP contribution is -2.28. The number of rotatable bonds is 2. The van der Waals surface area contributed by atoms with Crippen LogP contribution in [-0.4, -0.2) is 10.0 Å². The molecule has 0 radical (unpaired) electrons. The zero-order chi connectivity index (χ0) is 16.6. The number of amidine groups is 1. The third-order valence-corrected chi connectivity index (χ3v) is 4.16. The van der Waals surface area contributed by atoms with Crippen LogP contribution in [0.1, 0.15) is 11.1 Å². The fraction of sp³-hybridized carbons (Fsp3) is 0.0714. The third-order valence-electron chi connectivity index (χ3n) is 3.04. The van der Waals surface area contributed by atoms with E-state index in [1.165, 1.54) is 16.4 Å². The summed E-state index contributed by atoms with van der Waals surface area (Å²) in [6.07, 6.45) is -4.43. The van der Waals surface area contributed by atoms with Crippen LogP contribution in [0.3, 0.4) is 0 Å². The van der Waals surface area contributed by atoms with Crippen LogP contribution in [0.2, 0.25) is 5.02 Å². The van der Waals surface area contributed by atoms with E-state index in [0.717, 1.165) is 12.1 Å². The van der Waals surface area contributed by atoms with Gasteiger partial charge in [0.1, 0.15) is 0 Å². The van der Waals surface area contributed by atoms with Gasteiger partial charge in [-0.2, -0.15) is 17.4 Å². The molecule has 2 aromatic rings. The van der Waals surface area contributed by atoms with E-state index in [2.05, 4.69) is 5.16 Å². The zero-order valence-electron chi connectivity index (χ0n) is 11.2. The van der Waals surface area contributed by atoms with E-state index >= 15 is 0 Å². The van der Waals surface area contributed by atoms with Gasteiger partial charge < -0.3 is 0 Å². The second-order valence-corrected chi connectivity index (χ2v) is 5.94. The van der Waals surface area contributed by atoms with Gasteiger partial charge in [0, 0.05) is 10.6 Å². The molecule has 1 aliphatic heterocycles.